The average Bonchev–Trinajstić information content (AvgIpc) is 4.03. The second kappa shape index (κ2) is 14.9. The van der Waals surface area contributed by atoms with Crippen LogP contribution in [0, 0.1) is 11.3 Å². The summed E-state index contributed by atoms with van der Waals surface area (Å²) in [6, 6.07) is 84.8. The highest BCUT2D eigenvalue weighted by molar-refractivity contribution is 7.20. The van der Waals surface area contributed by atoms with E-state index in [-0.39, 0.29) is 0 Å². The minimum absolute atomic E-state index is 0.374. The van der Waals surface area contributed by atoms with E-state index in [4.69, 9.17) is 9.97 Å². The summed E-state index contributed by atoms with van der Waals surface area (Å²) in [5, 5.41) is 23.3. The van der Waals surface area contributed by atoms with Crippen molar-refractivity contribution in [3.05, 3.63) is 236 Å². The molecule has 0 aliphatic heterocycles. The molecule has 0 N–H and O–H groups in total. The second-order valence-electron chi connectivity index (χ2n) is 16.8. The van der Waals surface area contributed by atoms with Crippen LogP contribution >= 0.6 is 0 Å². The third-order valence-electron chi connectivity index (χ3n) is 13.5. The van der Waals surface area contributed by atoms with Crippen molar-refractivity contribution in [3.8, 4) is 23.7 Å². The summed E-state index contributed by atoms with van der Waals surface area (Å²) < 4.78 is 6.50. The molecule has 0 atom stereocenters. The molecule has 7 heteroatoms. The van der Waals surface area contributed by atoms with Crippen molar-refractivity contribution < 1.29 is 0 Å². The van der Waals surface area contributed by atoms with Gasteiger partial charge in [0.05, 0.1) is 33.1 Å². The molecule has 0 saturated heterocycles. The Morgan fingerprint density at radius 3 is 1.02 bits per heavy atom. The first-order chi connectivity index (χ1) is 32.7. The molecule has 0 aliphatic carbocycles. The van der Waals surface area contributed by atoms with Gasteiger partial charge < -0.3 is 0 Å². The summed E-state index contributed by atoms with van der Waals surface area (Å²) in [6.07, 6.45) is 0. The molecule has 0 saturated carbocycles. The fourth-order valence-corrected chi connectivity index (χ4v) is 15.5. The van der Waals surface area contributed by atoms with Crippen LogP contribution in [0.3, 0.4) is 0 Å². The Hall–Kier alpha value is -8.83. The molecule has 13 aromatic rings. The van der Waals surface area contributed by atoms with E-state index in [1.807, 2.05) is 12.1 Å². The predicted octanol–water partition coefficient (Wildman–Crippen LogP) is 11.0. The Bertz CT molecular complexity index is 3860. The van der Waals surface area contributed by atoms with Crippen molar-refractivity contribution in [3.63, 3.8) is 0 Å². The van der Waals surface area contributed by atoms with Crippen LogP contribution in [-0.2, 0) is 0 Å². The molecule has 0 amide bonds. The molecule has 0 fully saturated rings. The number of nitrogens with zero attached hydrogens (tertiary/aromatic N) is 6. The van der Waals surface area contributed by atoms with Gasteiger partial charge in [0.2, 0.25) is 5.95 Å². The van der Waals surface area contributed by atoms with Crippen LogP contribution in [-0.4, -0.2) is 31.7 Å². The van der Waals surface area contributed by atoms with Crippen molar-refractivity contribution in [2.75, 3.05) is 0 Å². The number of aromatic nitrogens is 5. The van der Waals surface area contributed by atoms with Crippen LogP contribution in [0.2, 0.25) is 0 Å². The van der Waals surface area contributed by atoms with E-state index < -0.39 is 8.07 Å². The fourth-order valence-electron chi connectivity index (χ4n) is 10.7. The number of hydrogen-bond donors (Lipinski definition) is 0. The van der Waals surface area contributed by atoms with Crippen LogP contribution in [0.1, 0.15) is 5.56 Å². The number of fused-ring (bicyclic) bond motifs is 9. The van der Waals surface area contributed by atoms with E-state index in [0.717, 1.165) is 65.4 Å². The van der Waals surface area contributed by atoms with Gasteiger partial charge in [-0.1, -0.05) is 194 Å². The lowest BCUT2D eigenvalue weighted by Gasteiger charge is -2.34. The highest BCUT2D eigenvalue weighted by atomic mass is 28.3. The van der Waals surface area contributed by atoms with Gasteiger partial charge in [0.25, 0.3) is 0 Å². The van der Waals surface area contributed by atoms with Crippen LogP contribution in [0.5, 0.6) is 0 Å². The fraction of sp³-hybridized carbons (Fsp3) is 0. The normalized spacial score (nSPS) is 11.9. The summed E-state index contributed by atoms with van der Waals surface area (Å²) in [5.74, 6) is 1.50. The molecule has 308 valence electrons. The van der Waals surface area contributed by atoms with Gasteiger partial charge in [-0.25, -0.2) is 0 Å². The van der Waals surface area contributed by atoms with Crippen molar-refractivity contribution in [1.82, 2.24) is 23.7 Å². The van der Waals surface area contributed by atoms with Gasteiger partial charge in [-0.2, -0.15) is 15.2 Å². The summed E-state index contributed by atoms with van der Waals surface area (Å²) in [6.45, 7) is 0. The van der Waals surface area contributed by atoms with Crippen molar-refractivity contribution in [2.45, 2.75) is 0 Å². The molecule has 0 radical (unpaired) electrons. The average molecular weight is 859 g/mol. The molecule has 0 unspecified atom stereocenters. The van der Waals surface area contributed by atoms with E-state index in [1.165, 1.54) is 20.7 Å². The molecule has 13 rings (SSSR count). The van der Waals surface area contributed by atoms with Crippen molar-refractivity contribution in [2.24, 2.45) is 0 Å². The second-order valence-corrected chi connectivity index (χ2v) is 20.6. The van der Waals surface area contributed by atoms with Gasteiger partial charge in [-0.3, -0.25) is 13.7 Å². The Morgan fingerprint density at radius 1 is 0.318 bits per heavy atom. The minimum Gasteiger partial charge on any atom is -0.292 e. The van der Waals surface area contributed by atoms with Crippen LogP contribution in [0.4, 0.5) is 0 Å². The zero-order valence-electron chi connectivity index (χ0n) is 35.6. The highest BCUT2D eigenvalue weighted by Gasteiger charge is 2.41. The molecule has 0 spiro atoms. The first-order valence-electron chi connectivity index (χ1n) is 22.2. The van der Waals surface area contributed by atoms with E-state index in [1.54, 1.807) is 0 Å². The number of rotatable bonds is 7. The highest BCUT2D eigenvalue weighted by Crippen LogP contribution is 2.38. The van der Waals surface area contributed by atoms with Crippen LogP contribution in [0.15, 0.2) is 231 Å². The number of hydrogen-bond acceptors (Lipinski definition) is 3. The largest absolute Gasteiger partial charge is 0.292 e. The predicted molar refractivity (Wildman–Crippen MR) is 273 cm³/mol. The molecule has 0 aliphatic rings. The maximum atomic E-state index is 11.6. The van der Waals surface area contributed by atoms with Crippen LogP contribution in [0.25, 0.3) is 83.0 Å². The summed E-state index contributed by atoms with van der Waals surface area (Å²) >= 11 is 0. The van der Waals surface area contributed by atoms with Crippen LogP contribution < -0.4 is 20.7 Å². The standard InChI is InChI=1S/C59H38N6Si/c60-39-50-57(63-51-31-15-10-26-44(51)45-27-11-16-32-52(45)63)61-59(65-54-34-18-12-28-46(54)47-29-13-19-35-55(47)65)62-58(50)64-53-33-17-14-30-48(53)49-38-43(36-37-56(49)64)66(40-20-4-1-5-21-40,41-22-6-2-7-23-41)42-24-8-3-9-25-42/h1-38H. The van der Waals surface area contributed by atoms with Crippen molar-refractivity contribution >= 4 is 94.2 Å². The monoisotopic (exact) mass is 858 g/mol. The van der Waals surface area contributed by atoms with Gasteiger partial charge in [-0.15, -0.1) is 0 Å². The minimum atomic E-state index is -2.88. The summed E-state index contributed by atoms with van der Waals surface area (Å²) in [4.78, 5) is 11.1. The van der Waals surface area contributed by atoms with E-state index in [0.29, 0.717) is 23.1 Å². The molecular weight excluding hydrogens is 821 g/mol. The Kier molecular flexibility index (Phi) is 8.50. The third-order valence-corrected chi connectivity index (χ3v) is 18.3. The molecule has 9 aromatic carbocycles. The first-order valence-corrected chi connectivity index (χ1v) is 24.2. The zero-order chi connectivity index (χ0) is 43.8. The van der Waals surface area contributed by atoms with Gasteiger partial charge in [0.15, 0.2) is 19.7 Å². The van der Waals surface area contributed by atoms with E-state index >= 15 is 0 Å². The summed E-state index contributed by atoms with van der Waals surface area (Å²) in [5.41, 5.74) is 6.17. The lowest BCUT2D eigenvalue weighted by molar-refractivity contribution is 0.911. The molecule has 66 heavy (non-hydrogen) atoms. The maximum absolute atomic E-state index is 11.6. The third kappa shape index (κ3) is 5.40. The van der Waals surface area contributed by atoms with Gasteiger partial charge >= 0.3 is 0 Å². The molecule has 4 heterocycles. The Balaban J connectivity index is 1.17. The quantitative estimate of drug-likeness (QED) is 0.118. The molecule has 6 nitrogen and oxygen atoms in total. The first kappa shape index (κ1) is 37.7. The summed E-state index contributed by atoms with van der Waals surface area (Å²) in [7, 11) is -2.88. The Labute approximate surface area is 381 Å². The van der Waals surface area contributed by atoms with Gasteiger partial charge in [-0.05, 0) is 57.1 Å². The smallest absolute Gasteiger partial charge is 0.238 e. The van der Waals surface area contributed by atoms with Gasteiger partial charge in [0, 0.05) is 32.3 Å². The maximum Gasteiger partial charge on any atom is 0.238 e. The number of nitriles is 1. The lowest BCUT2D eigenvalue weighted by atomic mass is 10.1. The molecule has 4 aromatic heterocycles. The van der Waals surface area contributed by atoms with Crippen molar-refractivity contribution in [1.29, 1.82) is 5.26 Å². The number of benzene rings is 9. The molecular formula is C59H38N6Si. The Morgan fingerprint density at radius 2 is 0.636 bits per heavy atom. The zero-order valence-corrected chi connectivity index (χ0v) is 36.6. The van der Waals surface area contributed by atoms with E-state index in [9.17, 15) is 5.26 Å². The number of para-hydroxylation sites is 5. The topological polar surface area (TPSA) is 64.4 Å². The van der Waals surface area contributed by atoms with E-state index in [2.05, 4.69) is 238 Å². The lowest BCUT2D eigenvalue weighted by Crippen LogP contribution is -2.74. The van der Waals surface area contributed by atoms with Gasteiger partial charge in [0.1, 0.15) is 11.6 Å². The SMILES string of the molecule is N#Cc1c(-n2c3ccccc3c3ccccc32)nc(-n2c3ccccc3c3ccccc32)nc1-n1c2ccccc2c2cc([Si](c3ccccc3)(c3ccccc3)c3ccccc3)ccc21. The molecule has 0 bridgehead atoms.